The quantitative estimate of drug-likeness (QED) is 0.782. The number of nitrogens with zero attached hydrogens (tertiary/aromatic N) is 1. The molecule has 1 amide bonds. The monoisotopic (exact) mass is 348 g/mol. The first-order valence-corrected chi connectivity index (χ1v) is 8.59. The van der Waals surface area contributed by atoms with E-state index in [9.17, 15) is 17.6 Å². The van der Waals surface area contributed by atoms with Crippen molar-refractivity contribution in [2.75, 3.05) is 18.4 Å². The lowest BCUT2D eigenvalue weighted by Gasteiger charge is -2.20. The molecule has 0 unspecified atom stereocenters. The van der Waals surface area contributed by atoms with E-state index in [0.29, 0.717) is 0 Å². The smallest absolute Gasteiger partial charge is 0.243 e. The summed E-state index contributed by atoms with van der Waals surface area (Å²) in [6, 6.07) is 13.2. The second-order valence-electron chi connectivity index (χ2n) is 4.96. The van der Waals surface area contributed by atoms with Crippen LogP contribution in [0.15, 0.2) is 72.1 Å². The second kappa shape index (κ2) is 7.85. The van der Waals surface area contributed by atoms with Gasteiger partial charge in [0.2, 0.25) is 15.9 Å². The summed E-state index contributed by atoms with van der Waals surface area (Å²) in [4.78, 5) is 12.2. The zero-order valence-electron chi connectivity index (χ0n) is 12.9. The van der Waals surface area contributed by atoms with Gasteiger partial charge >= 0.3 is 0 Å². The zero-order valence-corrected chi connectivity index (χ0v) is 13.7. The molecule has 0 saturated heterocycles. The Bertz CT molecular complexity index is 823. The van der Waals surface area contributed by atoms with Crippen molar-refractivity contribution >= 4 is 21.6 Å². The predicted molar refractivity (Wildman–Crippen MR) is 90.4 cm³/mol. The first-order valence-electron chi connectivity index (χ1n) is 7.15. The van der Waals surface area contributed by atoms with Crippen LogP contribution in [-0.4, -0.2) is 31.7 Å². The fraction of sp³-hybridized carbons (Fsp3) is 0.118. The van der Waals surface area contributed by atoms with E-state index in [-0.39, 0.29) is 17.1 Å². The van der Waals surface area contributed by atoms with Gasteiger partial charge < -0.3 is 5.32 Å². The van der Waals surface area contributed by atoms with Gasteiger partial charge in [0.15, 0.2) is 0 Å². The number of hydrogen-bond acceptors (Lipinski definition) is 3. The van der Waals surface area contributed by atoms with Gasteiger partial charge in [0.05, 0.1) is 11.4 Å². The van der Waals surface area contributed by atoms with Gasteiger partial charge in [-0.25, -0.2) is 12.8 Å². The molecule has 0 aromatic heterocycles. The Morgan fingerprint density at radius 1 is 1.17 bits per heavy atom. The third-order valence-corrected chi connectivity index (χ3v) is 4.97. The first kappa shape index (κ1) is 17.8. The number of nitrogens with one attached hydrogen (secondary N) is 1. The van der Waals surface area contributed by atoms with Crippen LogP contribution in [0.1, 0.15) is 0 Å². The average molecular weight is 348 g/mol. The lowest BCUT2D eigenvalue weighted by Crippen LogP contribution is -2.38. The van der Waals surface area contributed by atoms with Crippen LogP contribution < -0.4 is 5.32 Å². The third-order valence-electron chi connectivity index (χ3n) is 3.14. The van der Waals surface area contributed by atoms with Crippen molar-refractivity contribution in [2.24, 2.45) is 0 Å². The van der Waals surface area contributed by atoms with Crippen molar-refractivity contribution in [2.45, 2.75) is 4.90 Å². The van der Waals surface area contributed by atoms with Gasteiger partial charge in [-0.15, -0.1) is 6.58 Å². The number of carbonyl (C=O) groups excluding carboxylic acids is 1. The molecular weight excluding hydrogens is 331 g/mol. The summed E-state index contributed by atoms with van der Waals surface area (Å²) in [5.74, 6) is -1.06. The maximum Gasteiger partial charge on any atom is 0.243 e. The highest BCUT2D eigenvalue weighted by Gasteiger charge is 2.25. The van der Waals surface area contributed by atoms with Crippen molar-refractivity contribution in [3.8, 4) is 0 Å². The molecule has 0 aliphatic carbocycles. The highest BCUT2D eigenvalue weighted by atomic mass is 32.2. The van der Waals surface area contributed by atoms with E-state index < -0.39 is 28.3 Å². The molecule has 0 bridgehead atoms. The van der Waals surface area contributed by atoms with Crippen LogP contribution in [0.2, 0.25) is 0 Å². The van der Waals surface area contributed by atoms with Gasteiger partial charge in [-0.1, -0.05) is 30.3 Å². The van der Waals surface area contributed by atoms with Crippen molar-refractivity contribution in [3.05, 3.63) is 73.1 Å². The molecule has 0 fully saturated rings. The number of sulfonamides is 1. The highest BCUT2D eigenvalue weighted by molar-refractivity contribution is 7.89. The number of anilines is 1. The fourth-order valence-corrected chi connectivity index (χ4v) is 3.45. The van der Waals surface area contributed by atoms with Crippen LogP contribution in [0.5, 0.6) is 0 Å². The van der Waals surface area contributed by atoms with Gasteiger partial charge in [-0.05, 0) is 30.3 Å². The SMILES string of the molecule is C=CCN(CC(=O)Nc1cccc(F)c1)S(=O)(=O)c1ccccc1. The van der Waals surface area contributed by atoms with Gasteiger partial charge in [0, 0.05) is 12.2 Å². The van der Waals surface area contributed by atoms with E-state index >= 15 is 0 Å². The van der Waals surface area contributed by atoms with Crippen LogP contribution in [0, 0.1) is 5.82 Å². The Labute approximate surface area is 140 Å². The summed E-state index contributed by atoms with van der Waals surface area (Å²) in [7, 11) is -3.83. The standard InChI is InChI=1S/C17H17FN2O3S/c1-2-11-20(24(22,23)16-9-4-3-5-10-16)13-17(21)19-15-8-6-7-14(18)12-15/h2-10,12H,1,11,13H2,(H,19,21). The van der Waals surface area contributed by atoms with Crippen LogP contribution >= 0.6 is 0 Å². The molecule has 1 N–H and O–H groups in total. The molecule has 0 saturated carbocycles. The Morgan fingerprint density at radius 3 is 2.50 bits per heavy atom. The largest absolute Gasteiger partial charge is 0.325 e. The molecule has 2 aromatic rings. The lowest BCUT2D eigenvalue weighted by molar-refractivity contribution is -0.116. The molecule has 0 aliphatic rings. The first-order chi connectivity index (χ1) is 11.4. The summed E-state index contributed by atoms with van der Waals surface area (Å²) in [6.07, 6.45) is 1.40. The molecule has 24 heavy (non-hydrogen) atoms. The minimum atomic E-state index is -3.83. The van der Waals surface area contributed by atoms with E-state index in [2.05, 4.69) is 11.9 Å². The Hall–Kier alpha value is -2.51. The minimum absolute atomic E-state index is 0.0200. The molecule has 0 heterocycles. The Morgan fingerprint density at radius 2 is 1.88 bits per heavy atom. The maximum absolute atomic E-state index is 13.1. The van der Waals surface area contributed by atoms with E-state index in [1.807, 2.05) is 0 Å². The molecule has 0 aliphatic heterocycles. The van der Waals surface area contributed by atoms with E-state index in [4.69, 9.17) is 0 Å². The number of benzene rings is 2. The topological polar surface area (TPSA) is 66.5 Å². The van der Waals surface area contributed by atoms with E-state index in [1.54, 1.807) is 18.2 Å². The third kappa shape index (κ3) is 4.50. The predicted octanol–water partition coefficient (Wildman–Crippen LogP) is 2.64. The van der Waals surface area contributed by atoms with Crippen molar-refractivity contribution in [1.82, 2.24) is 4.31 Å². The molecule has 2 rings (SSSR count). The van der Waals surface area contributed by atoms with Crippen molar-refractivity contribution < 1.29 is 17.6 Å². The second-order valence-corrected chi connectivity index (χ2v) is 6.90. The number of halogens is 1. The summed E-state index contributed by atoms with van der Waals surface area (Å²) in [5.41, 5.74) is 0.260. The molecule has 5 nitrogen and oxygen atoms in total. The van der Waals surface area contributed by atoms with Gasteiger partial charge in [0.1, 0.15) is 5.82 Å². The van der Waals surface area contributed by atoms with Crippen LogP contribution in [0.4, 0.5) is 10.1 Å². The van der Waals surface area contributed by atoms with Gasteiger partial charge in [0.25, 0.3) is 0 Å². The molecule has 0 atom stereocenters. The molecule has 2 aromatic carbocycles. The minimum Gasteiger partial charge on any atom is -0.325 e. The zero-order chi connectivity index (χ0) is 17.6. The van der Waals surface area contributed by atoms with E-state index in [0.717, 1.165) is 10.4 Å². The summed E-state index contributed by atoms with van der Waals surface area (Å²) in [6.45, 7) is 3.10. The van der Waals surface area contributed by atoms with Crippen molar-refractivity contribution in [1.29, 1.82) is 0 Å². The average Bonchev–Trinajstić information content (AvgIpc) is 2.55. The number of rotatable bonds is 7. The summed E-state index contributed by atoms with van der Waals surface area (Å²) < 4.78 is 39.3. The summed E-state index contributed by atoms with van der Waals surface area (Å²) >= 11 is 0. The van der Waals surface area contributed by atoms with Crippen molar-refractivity contribution in [3.63, 3.8) is 0 Å². The Kier molecular flexibility index (Phi) is 5.83. The molecule has 0 spiro atoms. The molecule has 126 valence electrons. The van der Waals surface area contributed by atoms with Crippen LogP contribution in [-0.2, 0) is 14.8 Å². The fourth-order valence-electron chi connectivity index (χ4n) is 2.06. The van der Waals surface area contributed by atoms with Gasteiger partial charge in [-0.2, -0.15) is 4.31 Å². The van der Waals surface area contributed by atoms with Crippen LogP contribution in [0.25, 0.3) is 0 Å². The van der Waals surface area contributed by atoms with Gasteiger partial charge in [-0.3, -0.25) is 4.79 Å². The molecule has 7 heteroatoms. The highest BCUT2D eigenvalue weighted by Crippen LogP contribution is 2.15. The summed E-state index contributed by atoms with van der Waals surface area (Å²) in [5, 5.41) is 2.48. The number of hydrogen-bond donors (Lipinski definition) is 1. The number of amides is 1. The lowest BCUT2D eigenvalue weighted by atomic mass is 10.3. The molecular formula is C17H17FN2O3S. The van der Waals surface area contributed by atoms with Crippen LogP contribution in [0.3, 0.4) is 0 Å². The van der Waals surface area contributed by atoms with E-state index in [1.165, 1.54) is 36.4 Å². The maximum atomic E-state index is 13.1. The normalized spacial score (nSPS) is 11.2. The Balaban J connectivity index is 2.16. The number of carbonyl (C=O) groups is 1. The molecule has 0 radical (unpaired) electrons.